The van der Waals surface area contributed by atoms with E-state index in [9.17, 15) is 9.59 Å². The lowest BCUT2D eigenvalue weighted by molar-refractivity contribution is -0.133. The van der Waals surface area contributed by atoms with Crippen LogP contribution in [0.25, 0.3) is 0 Å². The molecule has 0 aliphatic heterocycles. The topological polar surface area (TPSA) is 67.4 Å². The van der Waals surface area contributed by atoms with Crippen LogP contribution in [-0.2, 0) is 9.59 Å². The highest BCUT2D eigenvalue weighted by molar-refractivity contribution is 9.10. The van der Waals surface area contributed by atoms with Crippen molar-refractivity contribution in [3.8, 4) is 5.75 Å². The highest BCUT2D eigenvalue weighted by atomic mass is 79.9. The number of amides is 2. The van der Waals surface area contributed by atoms with Gasteiger partial charge in [-0.25, -0.2) is 0 Å². The molecule has 0 radical (unpaired) electrons. The van der Waals surface area contributed by atoms with E-state index in [0.29, 0.717) is 5.75 Å². The number of halogens is 1. The maximum absolute atomic E-state index is 13.0. The number of rotatable bonds is 6. The first-order chi connectivity index (χ1) is 14.9. The Hall–Kier alpha value is -3.12. The van der Waals surface area contributed by atoms with Gasteiger partial charge in [-0.05, 0) is 55.2 Å². The van der Waals surface area contributed by atoms with E-state index in [-0.39, 0.29) is 5.91 Å². The number of carbonyl (C=O) groups is 2. The van der Waals surface area contributed by atoms with Crippen LogP contribution in [0.3, 0.4) is 0 Å². The second-order valence-electron chi connectivity index (χ2n) is 7.36. The second kappa shape index (κ2) is 10.3. The molecular formula is C25H25BrN2O3. The van der Waals surface area contributed by atoms with Gasteiger partial charge in [0.05, 0.1) is 5.92 Å². The van der Waals surface area contributed by atoms with Crippen molar-refractivity contribution in [2.75, 3.05) is 0 Å². The van der Waals surface area contributed by atoms with Gasteiger partial charge in [-0.2, -0.15) is 0 Å². The third-order valence-corrected chi connectivity index (χ3v) is 5.38. The van der Waals surface area contributed by atoms with Crippen molar-refractivity contribution in [2.45, 2.75) is 32.8 Å². The molecule has 160 valence electrons. The normalized spacial score (nSPS) is 11.6. The summed E-state index contributed by atoms with van der Waals surface area (Å²) in [6.45, 7) is 5.49. The number of hydrazine groups is 1. The van der Waals surface area contributed by atoms with E-state index >= 15 is 0 Å². The summed E-state index contributed by atoms with van der Waals surface area (Å²) in [5.74, 6) is -0.651. The van der Waals surface area contributed by atoms with Gasteiger partial charge in [-0.3, -0.25) is 20.4 Å². The van der Waals surface area contributed by atoms with E-state index in [1.54, 1.807) is 6.92 Å². The molecule has 1 atom stereocenters. The molecule has 6 heteroatoms. The van der Waals surface area contributed by atoms with Gasteiger partial charge >= 0.3 is 0 Å². The molecule has 5 nitrogen and oxygen atoms in total. The first-order valence-corrected chi connectivity index (χ1v) is 10.8. The zero-order valence-corrected chi connectivity index (χ0v) is 19.3. The second-order valence-corrected chi connectivity index (χ2v) is 8.28. The SMILES string of the molecule is Cc1cc(Br)cc(C)c1OC(C)C(=O)NNC(=O)C(c1ccccc1)c1ccccc1. The van der Waals surface area contributed by atoms with Crippen molar-refractivity contribution in [1.29, 1.82) is 0 Å². The van der Waals surface area contributed by atoms with Crippen LogP contribution in [-0.4, -0.2) is 17.9 Å². The largest absolute Gasteiger partial charge is 0.480 e. The molecule has 0 saturated heterocycles. The molecule has 2 amide bonds. The molecule has 0 aliphatic rings. The molecule has 0 bridgehead atoms. The van der Waals surface area contributed by atoms with Crippen molar-refractivity contribution < 1.29 is 14.3 Å². The molecule has 3 aromatic rings. The average molecular weight is 481 g/mol. The van der Waals surface area contributed by atoms with E-state index in [0.717, 1.165) is 26.7 Å². The van der Waals surface area contributed by atoms with Crippen molar-refractivity contribution >= 4 is 27.7 Å². The number of benzene rings is 3. The van der Waals surface area contributed by atoms with Gasteiger partial charge in [0.2, 0.25) is 5.91 Å². The van der Waals surface area contributed by atoms with E-state index in [4.69, 9.17) is 4.74 Å². The van der Waals surface area contributed by atoms with Gasteiger partial charge in [0.15, 0.2) is 6.10 Å². The molecule has 0 heterocycles. The average Bonchev–Trinajstić information content (AvgIpc) is 2.76. The number of carbonyl (C=O) groups excluding carboxylic acids is 2. The molecule has 0 aliphatic carbocycles. The quantitative estimate of drug-likeness (QED) is 0.497. The van der Waals surface area contributed by atoms with Gasteiger partial charge in [0.1, 0.15) is 5.75 Å². The summed E-state index contributed by atoms with van der Waals surface area (Å²) in [5, 5.41) is 0. The third kappa shape index (κ3) is 5.73. The van der Waals surface area contributed by atoms with Gasteiger partial charge in [-0.1, -0.05) is 76.6 Å². The molecular weight excluding hydrogens is 456 g/mol. The van der Waals surface area contributed by atoms with Crippen LogP contribution < -0.4 is 15.6 Å². The minimum absolute atomic E-state index is 0.325. The Morgan fingerprint density at radius 1 is 0.806 bits per heavy atom. The van der Waals surface area contributed by atoms with Crippen LogP contribution in [0.15, 0.2) is 77.3 Å². The Labute approximate surface area is 190 Å². The predicted octanol–water partition coefficient (Wildman–Crippen LogP) is 4.81. The molecule has 3 rings (SSSR count). The summed E-state index contributed by atoms with van der Waals surface area (Å²) in [5.41, 5.74) is 8.58. The fraction of sp³-hybridized carbons (Fsp3) is 0.200. The summed E-state index contributed by atoms with van der Waals surface area (Å²) in [7, 11) is 0. The Bertz CT molecular complexity index is 992. The van der Waals surface area contributed by atoms with Crippen LogP contribution in [0.1, 0.15) is 35.1 Å². The van der Waals surface area contributed by atoms with Crippen LogP contribution in [0.5, 0.6) is 5.75 Å². The van der Waals surface area contributed by atoms with Crippen LogP contribution >= 0.6 is 15.9 Å². The fourth-order valence-electron chi connectivity index (χ4n) is 3.40. The lowest BCUT2D eigenvalue weighted by atomic mass is 9.91. The zero-order valence-electron chi connectivity index (χ0n) is 17.7. The summed E-state index contributed by atoms with van der Waals surface area (Å²) in [4.78, 5) is 25.6. The summed E-state index contributed by atoms with van der Waals surface area (Å²) in [6, 6.07) is 22.8. The zero-order chi connectivity index (χ0) is 22.4. The highest BCUT2D eigenvalue weighted by Crippen LogP contribution is 2.28. The minimum atomic E-state index is -0.786. The van der Waals surface area contributed by atoms with Gasteiger partial charge < -0.3 is 4.74 Å². The standard InChI is InChI=1S/C25H25BrN2O3/c1-16-14-21(26)15-17(2)23(16)31-18(3)24(29)27-28-25(30)22(19-10-6-4-7-11-19)20-12-8-5-9-13-20/h4-15,18,22H,1-3H3,(H,27,29)(H,28,30). The van der Waals surface area contributed by atoms with Crippen molar-refractivity contribution in [1.82, 2.24) is 10.9 Å². The molecule has 0 spiro atoms. The van der Waals surface area contributed by atoms with Gasteiger partial charge in [-0.15, -0.1) is 0 Å². The number of hydrogen-bond acceptors (Lipinski definition) is 3. The maximum atomic E-state index is 13.0. The molecule has 2 N–H and O–H groups in total. The summed E-state index contributed by atoms with van der Waals surface area (Å²) in [6.07, 6.45) is -0.786. The molecule has 31 heavy (non-hydrogen) atoms. The van der Waals surface area contributed by atoms with Crippen molar-refractivity contribution in [2.24, 2.45) is 0 Å². The Morgan fingerprint density at radius 3 is 1.74 bits per heavy atom. The van der Waals surface area contributed by atoms with Crippen molar-refractivity contribution in [3.05, 3.63) is 99.5 Å². The minimum Gasteiger partial charge on any atom is -0.480 e. The lowest BCUT2D eigenvalue weighted by Gasteiger charge is -2.21. The Kier molecular flexibility index (Phi) is 7.47. The first-order valence-electron chi connectivity index (χ1n) is 10.00. The van der Waals surface area contributed by atoms with E-state index in [2.05, 4.69) is 26.8 Å². The molecule has 0 aromatic heterocycles. The van der Waals surface area contributed by atoms with E-state index < -0.39 is 17.9 Å². The Balaban J connectivity index is 1.69. The highest BCUT2D eigenvalue weighted by Gasteiger charge is 2.24. The first kappa shape index (κ1) is 22.6. The molecule has 3 aromatic carbocycles. The smallest absolute Gasteiger partial charge is 0.279 e. The van der Waals surface area contributed by atoms with Gasteiger partial charge in [0, 0.05) is 4.47 Å². The summed E-state index contributed by atoms with van der Waals surface area (Å²) >= 11 is 3.45. The third-order valence-electron chi connectivity index (χ3n) is 4.93. The van der Waals surface area contributed by atoms with Crippen molar-refractivity contribution in [3.63, 3.8) is 0 Å². The van der Waals surface area contributed by atoms with Crippen LogP contribution in [0.4, 0.5) is 0 Å². The van der Waals surface area contributed by atoms with Gasteiger partial charge in [0.25, 0.3) is 5.91 Å². The van der Waals surface area contributed by atoms with Crippen LogP contribution in [0, 0.1) is 13.8 Å². The van der Waals surface area contributed by atoms with E-state index in [1.807, 2.05) is 86.6 Å². The number of nitrogens with one attached hydrogen (secondary N) is 2. The summed E-state index contributed by atoms with van der Waals surface area (Å²) < 4.78 is 6.82. The monoisotopic (exact) mass is 480 g/mol. The lowest BCUT2D eigenvalue weighted by Crippen LogP contribution is -2.48. The van der Waals surface area contributed by atoms with Crippen LogP contribution in [0.2, 0.25) is 0 Å². The number of hydrogen-bond donors (Lipinski definition) is 2. The number of ether oxygens (including phenoxy) is 1. The molecule has 1 unspecified atom stereocenters. The molecule has 0 saturated carbocycles. The predicted molar refractivity (Wildman–Crippen MR) is 125 cm³/mol. The van der Waals surface area contributed by atoms with E-state index in [1.165, 1.54) is 0 Å². The Morgan fingerprint density at radius 2 is 1.26 bits per heavy atom. The number of aryl methyl sites for hydroxylation is 2. The fourth-order valence-corrected chi connectivity index (χ4v) is 4.08. The maximum Gasteiger partial charge on any atom is 0.279 e. The molecule has 0 fully saturated rings.